The van der Waals surface area contributed by atoms with Crippen molar-refractivity contribution in [2.75, 3.05) is 5.73 Å². The molecule has 5 heteroatoms. The van der Waals surface area contributed by atoms with Gasteiger partial charge in [-0.1, -0.05) is 0 Å². The van der Waals surface area contributed by atoms with Crippen LogP contribution in [0.15, 0.2) is 24.5 Å². The molecule has 84 valence electrons. The first-order chi connectivity index (χ1) is 7.66. The molecule has 0 aliphatic heterocycles. The molecule has 0 atom stereocenters. The minimum Gasteiger partial charge on any atom is -0.481 e. The number of imidazole rings is 1. The minimum atomic E-state index is -0.770. The second-order valence-electron chi connectivity index (χ2n) is 3.68. The van der Waals surface area contributed by atoms with Crippen LogP contribution in [0.1, 0.15) is 12.8 Å². The van der Waals surface area contributed by atoms with E-state index in [2.05, 4.69) is 4.98 Å². The molecular formula is C11H13N3O2. The average Bonchev–Trinajstić information content (AvgIpc) is 2.60. The fourth-order valence-corrected chi connectivity index (χ4v) is 1.66. The van der Waals surface area contributed by atoms with Crippen LogP contribution in [0.2, 0.25) is 0 Å². The molecule has 0 aliphatic carbocycles. The predicted molar refractivity (Wildman–Crippen MR) is 61.0 cm³/mol. The third-order valence-corrected chi connectivity index (χ3v) is 2.43. The van der Waals surface area contributed by atoms with Gasteiger partial charge in [0.05, 0.1) is 17.4 Å². The van der Waals surface area contributed by atoms with Crippen LogP contribution >= 0.6 is 0 Å². The van der Waals surface area contributed by atoms with Crippen molar-refractivity contribution in [1.82, 2.24) is 9.55 Å². The summed E-state index contributed by atoms with van der Waals surface area (Å²) in [5, 5.41) is 8.55. The molecule has 0 fully saturated rings. The highest BCUT2D eigenvalue weighted by Crippen LogP contribution is 2.16. The van der Waals surface area contributed by atoms with Crippen LogP contribution in [-0.2, 0) is 11.3 Å². The number of nitrogens with zero attached hydrogens (tertiary/aromatic N) is 2. The Morgan fingerprint density at radius 2 is 2.31 bits per heavy atom. The second kappa shape index (κ2) is 4.22. The topological polar surface area (TPSA) is 81.1 Å². The maximum absolute atomic E-state index is 10.4. The van der Waals surface area contributed by atoms with Gasteiger partial charge in [-0.25, -0.2) is 4.98 Å². The number of carboxylic acid groups (broad SMARTS) is 1. The van der Waals surface area contributed by atoms with E-state index in [4.69, 9.17) is 10.8 Å². The lowest BCUT2D eigenvalue weighted by Gasteiger charge is -2.02. The maximum atomic E-state index is 10.4. The second-order valence-corrected chi connectivity index (χ2v) is 3.68. The fraction of sp³-hybridized carbons (Fsp3) is 0.273. The molecule has 0 aliphatic rings. The summed E-state index contributed by atoms with van der Waals surface area (Å²) in [6.07, 6.45) is 2.49. The van der Waals surface area contributed by atoms with Crippen molar-refractivity contribution in [3.63, 3.8) is 0 Å². The van der Waals surface area contributed by atoms with E-state index in [-0.39, 0.29) is 6.42 Å². The summed E-state index contributed by atoms with van der Waals surface area (Å²) in [5.74, 6) is -0.770. The Kier molecular flexibility index (Phi) is 2.76. The number of hydrogen-bond donors (Lipinski definition) is 2. The number of hydrogen-bond acceptors (Lipinski definition) is 3. The first-order valence-electron chi connectivity index (χ1n) is 5.09. The summed E-state index contributed by atoms with van der Waals surface area (Å²) < 4.78 is 1.94. The molecule has 5 nitrogen and oxygen atoms in total. The molecule has 2 rings (SSSR count). The highest BCUT2D eigenvalue weighted by atomic mass is 16.4. The van der Waals surface area contributed by atoms with E-state index in [9.17, 15) is 4.79 Å². The number of anilines is 1. The highest BCUT2D eigenvalue weighted by Gasteiger charge is 2.03. The van der Waals surface area contributed by atoms with Crippen molar-refractivity contribution in [2.45, 2.75) is 19.4 Å². The van der Waals surface area contributed by atoms with E-state index in [1.807, 2.05) is 22.8 Å². The van der Waals surface area contributed by atoms with Crippen molar-refractivity contribution in [3.05, 3.63) is 24.5 Å². The van der Waals surface area contributed by atoms with E-state index < -0.39 is 5.97 Å². The standard InChI is InChI=1S/C11H13N3O2/c12-8-3-4-10-9(6-8)13-7-14(10)5-1-2-11(15)16/h3-4,6-7H,1-2,5,12H2,(H,15,16). The van der Waals surface area contributed by atoms with Gasteiger partial charge in [0.25, 0.3) is 0 Å². The molecular weight excluding hydrogens is 206 g/mol. The highest BCUT2D eigenvalue weighted by molar-refractivity contribution is 5.78. The van der Waals surface area contributed by atoms with Gasteiger partial charge in [-0.05, 0) is 24.6 Å². The number of aromatic nitrogens is 2. The summed E-state index contributed by atoms with van der Waals surface area (Å²) in [6.45, 7) is 0.659. The number of nitrogen functional groups attached to an aromatic ring is 1. The Hall–Kier alpha value is -2.04. The normalized spacial score (nSPS) is 10.8. The quantitative estimate of drug-likeness (QED) is 0.763. The lowest BCUT2D eigenvalue weighted by atomic mass is 10.2. The van der Waals surface area contributed by atoms with Gasteiger partial charge in [-0.15, -0.1) is 0 Å². The Bertz CT molecular complexity index is 519. The van der Waals surface area contributed by atoms with Crippen molar-refractivity contribution in [3.8, 4) is 0 Å². The van der Waals surface area contributed by atoms with Crippen molar-refractivity contribution >= 4 is 22.7 Å². The van der Waals surface area contributed by atoms with E-state index >= 15 is 0 Å². The van der Waals surface area contributed by atoms with Crippen molar-refractivity contribution in [1.29, 1.82) is 0 Å². The molecule has 0 bridgehead atoms. The van der Waals surface area contributed by atoms with Gasteiger partial charge in [0.1, 0.15) is 0 Å². The first-order valence-corrected chi connectivity index (χ1v) is 5.09. The predicted octanol–water partition coefficient (Wildman–Crippen LogP) is 1.48. The first kappa shape index (κ1) is 10.5. The SMILES string of the molecule is Nc1ccc2c(c1)ncn2CCCC(=O)O. The average molecular weight is 219 g/mol. The van der Waals surface area contributed by atoms with E-state index in [1.165, 1.54) is 0 Å². The molecule has 0 spiro atoms. The molecule has 0 saturated heterocycles. The molecule has 16 heavy (non-hydrogen) atoms. The summed E-state index contributed by atoms with van der Waals surface area (Å²) in [7, 11) is 0. The van der Waals surface area contributed by atoms with Crippen LogP contribution in [0, 0.1) is 0 Å². The molecule has 1 heterocycles. The van der Waals surface area contributed by atoms with E-state index in [0.717, 1.165) is 11.0 Å². The largest absolute Gasteiger partial charge is 0.481 e. The lowest BCUT2D eigenvalue weighted by molar-refractivity contribution is -0.137. The van der Waals surface area contributed by atoms with Gasteiger partial charge in [0, 0.05) is 18.7 Å². The number of aryl methyl sites for hydroxylation is 1. The van der Waals surface area contributed by atoms with Gasteiger partial charge in [0.15, 0.2) is 0 Å². The molecule has 0 radical (unpaired) electrons. The molecule has 2 aromatic rings. The Labute approximate surface area is 92.5 Å². The molecule has 1 aromatic carbocycles. The van der Waals surface area contributed by atoms with E-state index in [1.54, 1.807) is 6.33 Å². The number of rotatable bonds is 4. The van der Waals surface area contributed by atoms with E-state index in [0.29, 0.717) is 18.7 Å². The van der Waals surface area contributed by atoms with Gasteiger partial charge >= 0.3 is 5.97 Å². The zero-order valence-electron chi connectivity index (χ0n) is 8.76. The fourth-order valence-electron chi connectivity index (χ4n) is 1.66. The summed E-state index contributed by atoms with van der Waals surface area (Å²) in [5.41, 5.74) is 8.16. The van der Waals surface area contributed by atoms with Crippen LogP contribution in [0.4, 0.5) is 5.69 Å². The van der Waals surface area contributed by atoms with Crippen molar-refractivity contribution < 1.29 is 9.90 Å². The number of carboxylic acids is 1. The Morgan fingerprint density at radius 1 is 1.50 bits per heavy atom. The van der Waals surface area contributed by atoms with Gasteiger partial charge in [0.2, 0.25) is 0 Å². The van der Waals surface area contributed by atoms with Crippen molar-refractivity contribution in [2.24, 2.45) is 0 Å². The monoisotopic (exact) mass is 219 g/mol. The molecule has 0 saturated carbocycles. The minimum absolute atomic E-state index is 0.175. The van der Waals surface area contributed by atoms with Gasteiger partial charge < -0.3 is 15.4 Å². The Balaban J connectivity index is 2.15. The maximum Gasteiger partial charge on any atom is 0.303 e. The smallest absolute Gasteiger partial charge is 0.303 e. The zero-order valence-corrected chi connectivity index (χ0v) is 8.76. The summed E-state index contributed by atoms with van der Waals surface area (Å²) in [6, 6.07) is 5.53. The number of carbonyl (C=O) groups is 1. The van der Waals surface area contributed by atoms with Crippen LogP contribution in [0.25, 0.3) is 11.0 Å². The molecule has 0 unspecified atom stereocenters. The Morgan fingerprint density at radius 3 is 3.06 bits per heavy atom. The lowest BCUT2D eigenvalue weighted by Crippen LogP contribution is -2.00. The third-order valence-electron chi connectivity index (χ3n) is 2.43. The third kappa shape index (κ3) is 2.13. The molecule has 3 N–H and O–H groups in total. The van der Waals surface area contributed by atoms with Gasteiger partial charge in [-0.3, -0.25) is 4.79 Å². The number of benzene rings is 1. The van der Waals surface area contributed by atoms with Gasteiger partial charge in [-0.2, -0.15) is 0 Å². The zero-order chi connectivity index (χ0) is 11.5. The van der Waals surface area contributed by atoms with Crippen LogP contribution in [0.5, 0.6) is 0 Å². The van der Waals surface area contributed by atoms with Crippen LogP contribution < -0.4 is 5.73 Å². The molecule has 1 aromatic heterocycles. The summed E-state index contributed by atoms with van der Waals surface area (Å²) in [4.78, 5) is 14.6. The molecule has 0 amide bonds. The number of fused-ring (bicyclic) bond motifs is 1. The number of aliphatic carboxylic acids is 1. The van der Waals surface area contributed by atoms with Crippen LogP contribution in [-0.4, -0.2) is 20.6 Å². The number of nitrogens with two attached hydrogens (primary N) is 1. The summed E-state index contributed by atoms with van der Waals surface area (Å²) >= 11 is 0. The van der Waals surface area contributed by atoms with Crippen LogP contribution in [0.3, 0.4) is 0 Å².